The number of carboxylic acid groups (broad SMARTS) is 1. The smallest absolute Gasteiger partial charge is 0.335 e. The Balaban J connectivity index is 1.92. The Morgan fingerprint density at radius 2 is 2.27 bits per heavy atom. The molecule has 1 aromatic rings. The zero-order valence-electron chi connectivity index (χ0n) is 12.6. The minimum atomic E-state index is -0.981. The molecule has 5 nitrogen and oxygen atoms in total. The van der Waals surface area contributed by atoms with Crippen LogP contribution in [0.5, 0.6) is 5.75 Å². The standard InChI is InChI=1S/C16H21BrO5/c1-2-13(10-21-15-5-3-4-6-20-15)22-14-8-11(16(18)19)7-12(17)9-14/h7-9,13,15H,2-6,10H2,1H3,(H,18,19). The summed E-state index contributed by atoms with van der Waals surface area (Å²) in [6.45, 7) is 3.18. The van der Waals surface area contributed by atoms with Gasteiger partial charge >= 0.3 is 5.97 Å². The van der Waals surface area contributed by atoms with Crippen LogP contribution in [-0.4, -0.2) is 36.7 Å². The first-order valence-electron chi connectivity index (χ1n) is 7.52. The van der Waals surface area contributed by atoms with Gasteiger partial charge in [0, 0.05) is 11.1 Å². The van der Waals surface area contributed by atoms with Crippen molar-refractivity contribution < 1.29 is 24.1 Å². The number of carbonyl (C=O) groups is 1. The molecule has 0 radical (unpaired) electrons. The van der Waals surface area contributed by atoms with Gasteiger partial charge in [-0.25, -0.2) is 4.79 Å². The van der Waals surface area contributed by atoms with Gasteiger partial charge in [0.05, 0.1) is 12.2 Å². The van der Waals surface area contributed by atoms with Crippen LogP contribution in [0, 0.1) is 0 Å². The molecule has 2 rings (SSSR count). The van der Waals surface area contributed by atoms with Gasteiger partial charge in [-0.2, -0.15) is 0 Å². The van der Waals surface area contributed by atoms with Crippen molar-refractivity contribution in [1.82, 2.24) is 0 Å². The first kappa shape index (κ1) is 17.2. The van der Waals surface area contributed by atoms with E-state index in [0.29, 0.717) is 16.8 Å². The van der Waals surface area contributed by atoms with E-state index in [1.54, 1.807) is 12.1 Å². The monoisotopic (exact) mass is 372 g/mol. The van der Waals surface area contributed by atoms with Crippen LogP contribution >= 0.6 is 15.9 Å². The van der Waals surface area contributed by atoms with Crippen molar-refractivity contribution in [2.24, 2.45) is 0 Å². The summed E-state index contributed by atoms with van der Waals surface area (Å²) in [6, 6.07) is 4.82. The molecule has 2 atom stereocenters. The van der Waals surface area contributed by atoms with Crippen LogP contribution in [0.4, 0.5) is 0 Å². The molecule has 1 heterocycles. The Kier molecular flexibility index (Phi) is 6.67. The Morgan fingerprint density at radius 3 is 2.91 bits per heavy atom. The zero-order chi connectivity index (χ0) is 15.9. The van der Waals surface area contributed by atoms with E-state index in [4.69, 9.17) is 19.3 Å². The molecule has 1 aromatic carbocycles. The van der Waals surface area contributed by atoms with Crippen molar-refractivity contribution >= 4 is 21.9 Å². The Bertz CT molecular complexity index is 499. The van der Waals surface area contributed by atoms with Crippen molar-refractivity contribution in [3.63, 3.8) is 0 Å². The third kappa shape index (κ3) is 5.26. The van der Waals surface area contributed by atoms with E-state index >= 15 is 0 Å². The van der Waals surface area contributed by atoms with Crippen LogP contribution in [0.15, 0.2) is 22.7 Å². The lowest BCUT2D eigenvalue weighted by atomic mass is 10.2. The van der Waals surface area contributed by atoms with Gasteiger partial charge in [0.25, 0.3) is 0 Å². The molecule has 22 heavy (non-hydrogen) atoms. The number of carboxylic acids is 1. The Morgan fingerprint density at radius 1 is 1.45 bits per heavy atom. The summed E-state index contributed by atoms with van der Waals surface area (Å²) < 4.78 is 17.8. The number of aromatic carboxylic acids is 1. The molecule has 0 aromatic heterocycles. The van der Waals surface area contributed by atoms with E-state index in [-0.39, 0.29) is 18.0 Å². The van der Waals surface area contributed by atoms with Gasteiger partial charge in [0.2, 0.25) is 0 Å². The van der Waals surface area contributed by atoms with Gasteiger partial charge in [-0.15, -0.1) is 0 Å². The Hall–Kier alpha value is -1.11. The van der Waals surface area contributed by atoms with Gasteiger partial charge in [0.1, 0.15) is 11.9 Å². The zero-order valence-corrected chi connectivity index (χ0v) is 14.2. The minimum Gasteiger partial charge on any atom is -0.488 e. The summed E-state index contributed by atoms with van der Waals surface area (Å²) in [5.74, 6) is -0.460. The summed E-state index contributed by atoms with van der Waals surface area (Å²) in [5.41, 5.74) is 0.191. The average Bonchev–Trinajstić information content (AvgIpc) is 2.51. The van der Waals surface area contributed by atoms with E-state index in [1.165, 1.54) is 6.07 Å². The maximum atomic E-state index is 11.1. The topological polar surface area (TPSA) is 65.0 Å². The molecule has 0 aliphatic carbocycles. The van der Waals surface area contributed by atoms with Gasteiger partial charge in [-0.3, -0.25) is 0 Å². The van der Waals surface area contributed by atoms with E-state index < -0.39 is 5.97 Å². The second kappa shape index (κ2) is 8.50. The lowest BCUT2D eigenvalue weighted by molar-refractivity contribution is -0.173. The SMILES string of the molecule is CCC(COC1CCCCO1)Oc1cc(Br)cc(C(=O)O)c1. The molecule has 2 unspecified atom stereocenters. The fraction of sp³-hybridized carbons (Fsp3) is 0.562. The molecular formula is C16H21BrO5. The molecule has 1 saturated heterocycles. The molecule has 0 amide bonds. The highest BCUT2D eigenvalue weighted by molar-refractivity contribution is 9.10. The number of benzene rings is 1. The van der Waals surface area contributed by atoms with Crippen molar-refractivity contribution in [3.8, 4) is 5.75 Å². The molecule has 1 fully saturated rings. The molecule has 1 N–H and O–H groups in total. The molecule has 0 spiro atoms. The van der Waals surface area contributed by atoms with Gasteiger partial charge in [-0.1, -0.05) is 22.9 Å². The maximum absolute atomic E-state index is 11.1. The summed E-state index contributed by atoms with van der Waals surface area (Å²) in [4.78, 5) is 11.1. The molecule has 1 aliphatic heterocycles. The molecule has 122 valence electrons. The normalized spacial score (nSPS) is 19.6. The highest BCUT2D eigenvalue weighted by Gasteiger charge is 2.18. The van der Waals surface area contributed by atoms with E-state index in [9.17, 15) is 4.79 Å². The van der Waals surface area contributed by atoms with Crippen LogP contribution in [0.2, 0.25) is 0 Å². The fourth-order valence-electron chi connectivity index (χ4n) is 2.24. The number of hydrogen-bond donors (Lipinski definition) is 1. The summed E-state index contributed by atoms with van der Waals surface area (Å²) >= 11 is 3.30. The second-order valence-electron chi connectivity index (χ2n) is 5.26. The molecule has 6 heteroatoms. The predicted octanol–water partition coefficient (Wildman–Crippen LogP) is 3.85. The quantitative estimate of drug-likeness (QED) is 0.787. The second-order valence-corrected chi connectivity index (χ2v) is 6.17. The highest BCUT2D eigenvalue weighted by Crippen LogP contribution is 2.23. The number of ether oxygens (including phenoxy) is 3. The van der Waals surface area contributed by atoms with Crippen molar-refractivity contribution in [1.29, 1.82) is 0 Å². The van der Waals surface area contributed by atoms with Gasteiger partial charge in [0.15, 0.2) is 6.29 Å². The van der Waals surface area contributed by atoms with Gasteiger partial charge in [-0.05, 0) is 43.9 Å². The summed E-state index contributed by atoms with van der Waals surface area (Å²) in [7, 11) is 0. The van der Waals surface area contributed by atoms with Crippen LogP contribution in [-0.2, 0) is 9.47 Å². The van der Waals surface area contributed by atoms with Crippen LogP contribution in [0.3, 0.4) is 0 Å². The summed E-state index contributed by atoms with van der Waals surface area (Å²) in [6.07, 6.45) is 3.60. The Labute approximate surface area is 138 Å². The number of halogens is 1. The third-order valence-corrected chi connectivity index (χ3v) is 3.94. The first-order valence-corrected chi connectivity index (χ1v) is 8.31. The molecule has 0 bridgehead atoms. The lowest BCUT2D eigenvalue weighted by Gasteiger charge is -2.25. The predicted molar refractivity (Wildman–Crippen MR) is 85.4 cm³/mol. The van der Waals surface area contributed by atoms with Gasteiger partial charge < -0.3 is 19.3 Å². The first-order chi connectivity index (χ1) is 10.6. The largest absolute Gasteiger partial charge is 0.488 e. The van der Waals surface area contributed by atoms with Crippen molar-refractivity contribution in [2.45, 2.75) is 45.0 Å². The minimum absolute atomic E-state index is 0.138. The average molecular weight is 373 g/mol. The van der Waals surface area contributed by atoms with E-state index in [1.807, 2.05) is 6.92 Å². The highest BCUT2D eigenvalue weighted by atomic mass is 79.9. The fourth-order valence-corrected chi connectivity index (χ4v) is 2.71. The van der Waals surface area contributed by atoms with E-state index in [0.717, 1.165) is 32.3 Å². The number of hydrogen-bond acceptors (Lipinski definition) is 4. The number of rotatable bonds is 7. The van der Waals surface area contributed by atoms with E-state index in [2.05, 4.69) is 15.9 Å². The maximum Gasteiger partial charge on any atom is 0.335 e. The summed E-state index contributed by atoms with van der Waals surface area (Å²) in [5, 5.41) is 9.08. The molecule has 0 saturated carbocycles. The van der Waals surface area contributed by atoms with Crippen LogP contribution < -0.4 is 4.74 Å². The third-order valence-electron chi connectivity index (χ3n) is 3.48. The lowest BCUT2D eigenvalue weighted by Crippen LogP contribution is -2.29. The van der Waals surface area contributed by atoms with Crippen LogP contribution in [0.1, 0.15) is 43.0 Å². The van der Waals surface area contributed by atoms with Crippen molar-refractivity contribution in [2.75, 3.05) is 13.2 Å². The van der Waals surface area contributed by atoms with Crippen molar-refractivity contribution in [3.05, 3.63) is 28.2 Å². The molecule has 1 aliphatic rings. The molecular weight excluding hydrogens is 352 g/mol. The van der Waals surface area contributed by atoms with Crippen LogP contribution in [0.25, 0.3) is 0 Å².